The fourth-order valence-electron chi connectivity index (χ4n) is 2.81. The van der Waals surface area contributed by atoms with Gasteiger partial charge in [0, 0.05) is 45.6 Å². The number of amides is 1. The van der Waals surface area contributed by atoms with Crippen LogP contribution >= 0.6 is 11.8 Å². The quantitative estimate of drug-likeness (QED) is 0.642. The first-order valence-corrected chi connectivity index (χ1v) is 10.3. The van der Waals surface area contributed by atoms with Crippen LogP contribution in [-0.4, -0.2) is 47.3 Å². The minimum Gasteiger partial charge on any atom is -0.378 e. The topological polar surface area (TPSA) is 41.4 Å². The maximum Gasteiger partial charge on any atom is 0.233 e. The molecule has 0 aliphatic carbocycles. The summed E-state index contributed by atoms with van der Waals surface area (Å²) < 4.78 is 2.23. The van der Waals surface area contributed by atoms with E-state index in [1.54, 1.807) is 4.90 Å². The summed E-state index contributed by atoms with van der Waals surface area (Å²) in [5.41, 5.74) is 4.52. The fourth-order valence-corrected chi connectivity index (χ4v) is 3.85. The van der Waals surface area contributed by atoms with Crippen LogP contribution in [0.1, 0.15) is 30.8 Å². The Bertz CT molecular complexity index is 765. The van der Waals surface area contributed by atoms with E-state index < -0.39 is 0 Å². The molecule has 0 N–H and O–H groups in total. The minimum atomic E-state index is 0.117. The zero-order valence-electron chi connectivity index (χ0n) is 17.6. The van der Waals surface area contributed by atoms with Crippen molar-refractivity contribution in [2.45, 2.75) is 45.9 Å². The predicted molar refractivity (Wildman–Crippen MR) is 115 cm³/mol. The van der Waals surface area contributed by atoms with E-state index in [0.717, 1.165) is 28.6 Å². The van der Waals surface area contributed by atoms with E-state index >= 15 is 0 Å². The third-order valence-electron chi connectivity index (χ3n) is 4.59. The monoisotopic (exact) mass is 388 g/mol. The zero-order chi connectivity index (χ0) is 20.1. The number of aryl methyl sites for hydroxylation is 1. The molecule has 148 valence electrons. The van der Waals surface area contributed by atoms with Gasteiger partial charge >= 0.3 is 0 Å². The number of anilines is 1. The highest BCUT2D eigenvalue weighted by atomic mass is 32.2. The van der Waals surface area contributed by atoms with Crippen molar-refractivity contribution in [1.29, 1.82) is 0 Å². The number of nitrogens with zero attached hydrogens (tertiary/aromatic N) is 4. The Morgan fingerprint density at radius 1 is 1.15 bits per heavy atom. The van der Waals surface area contributed by atoms with Gasteiger partial charge in [0.15, 0.2) is 5.16 Å². The van der Waals surface area contributed by atoms with Crippen LogP contribution in [0.3, 0.4) is 0 Å². The molecule has 0 saturated heterocycles. The summed E-state index contributed by atoms with van der Waals surface area (Å²) in [4.78, 5) is 21.1. The van der Waals surface area contributed by atoms with E-state index in [1.807, 2.05) is 28.1 Å². The molecule has 5 nitrogen and oxygen atoms in total. The van der Waals surface area contributed by atoms with Gasteiger partial charge < -0.3 is 14.4 Å². The second-order valence-corrected chi connectivity index (χ2v) is 8.61. The highest BCUT2D eigenvalue weighted by Crippen LogP contribution is 2.23. The van der Waals surface area contributed by atoms with E-state index in [2.05, 4.69) is 59.5 Å². The van der Waals surface area contributed by atoms with Crippen molar-refractivity contribution in [3.05, 3.63) is 41.2 Å². The molecule has 0 fully saturated rings. The van der Waals surface area contributed by atoms with Gasteiger partial charge in [0.2, 0.25) is 5.91 Å². The van der Waals surface area contributed by atoms with E-state index in [1.165, 1.54) is 17.5 Å². The Morgan fingerprint density at radius 3 is 2.33 bits per heavy atom. The molecular weight excluding hydrogens is 356 g/mol. The van der Waals surface area contributed by atoms with Gasteiger partial charge in [-0.3, -0.25) is 4.79 Å². The smallest absolute Gasteiger partial charge is 0.233 e. The van der Waals surface area contributed by atoms with Crippen LogP contribution in [0, 0.1) is 19.8 Å². The molecule has 0 aliphatic heterocycles. The van der Waals surface area contributed by atoms with Crippen molar-refractivity contribution in [1.82, 2.24) is 14.5 Å². The predicted octanol–water partition coefficient (Wildman–Crippen LogP) is 3.97. The molecule has 1 aromatic carbocycles. The minimum absolute atomic E-state index is 0.117. The number of benzene rings is 1. The maximum absolute atomic E-state index is 12.6. The number of hydrogen-bond donors (Lipinski definition) is 0. The Labute approximate surface area is 167 Å². The number of hydrogen-bond acceptors (Lipinski definition) is 4. The lowest BCUT2D eigenvalue weighted by Crippen LogP contribution is -2.28. The summed E-state index contributed by atoms with van der Waals surface area (Å²) in [6.45, 7) is 10.1. The maximum atomic E-state index is 12.6. The summed E-state index contributed by atoms with van der Waals surface area (Å²) in [6, 6.07) is 8.32. The number of carbonyl (C=O) groups is 1. The molecule has 27 heavy (non-hydrogen) atoms. The Kier molecular flexibility index (Phi) is 7.36. The summed E-state index contributed by atoms with van der Waals surface area (Å²) in [5.74, 6) is 1.06. The van der Waals surface area contributed by atoms with Crippen molar-refractivity contribution in [3.63, 3.8) is 0 Å². The van der Waals surface area contributed by atoms with Crippen molar-refractivity contribution < 1.29 is 4.79 Å². The van der Waals surface area contributed by atoms with E-state index in [4.69, 9.17) is 0 Å². The average molecular weight is 389 g/mol. The third-order valence-corrected chi connectivity index (χ3v) is 5.55. The molecule has 1 heterocycles. The van der Waals surface area contributed by atoms with Gasteiger partial charge in [-0.2, -0.15) is 0 Å². The highest BCUT2D eigenvalue weighted by Gasteiger charge is 2.16. The summed E-state index contributed by atoms with van der Waals surface area (Å²) in [7, 11) is 5.91. The Balaban J connectivity index is 1.96. The van der Waals surface area contributed by atoms with Gasteiger partial charge in [-0.05, 0) is 37.5 Å². The number of aromatic nitrogens is 2. The van der Waals surface area contributed by atoms with Crippen molar-refractivity contribution in [3.8, 4) is 0 Å². The van der Waals surface area contributed by atoms with E-state index in [-0.39, 0.29) is 5.91 Å². The number of carbonyl (C=O) groups excluding carboxylic acids is 1. The molecule has 0 spiro atoms. The number of imidazole rings is 1. The van der Waals surface area contributed by atoms with Gasteiger partial charge in [0.25, 0.3) is 0 Å². The lowest BCUT2D eigenvalue weighted by Gasteiger charge is -2.18. The molecule has 1 aromatic heterocycles. The number of rotatable bonds is 8. The van der Waals surface area contributed by atoms with Gasteiger partial charge in [-0.1, -0.05) is 37.7 Å². The molecule has 1 amide bonds. The van der Waals surface area contributed by atoms with Crippen molar-refractivity contribution >= 4 is 23.4 Å². The van der Waals surface area contributed by atoms with Crippen molar-refractivity contribution in [2.75, 3.05) is 31.8 Å². The lowest BCUT2D eigenvalue weighted by atomic mass is 10.2. The van der Waals surface area contributed by atoms with Gasteiger partial charge in [0.1, 0.15) is 0 Å². The number of thioether (sulfide) groups is 1. The van der Waals surface area contributed by atoms with Crippen LogP contribution in [0.15, 0.2) is 29.4 Å². The zero-order valence-corrected chi connectivity index (χ0v) is 18.4. The lowest BCUT2D eigenvalue weighted by molar-refractivity contribution is -0.127. The normalized spacial score (nSPS) is 11.1. The van der Waals surface area contributed by atoms with Crippen LogP contribution in [-0.2, 0) is 17.9 Å². The third kappa shape index (κ3) is 5.76. The van der Waals surface area contributed by atoms with Crippen LogP contribution < -0.4 is 4.90 Å². The molecule has 0 unspecified atom stereocenters. The van der Waals surface area contributed by atoms with Crippen LogP contribution in [0.5, 0.6) is 0 Å². The van der Waals surface area contributed by atoms with Gasteiger partial charge in [-0.25, -0.2) is 4.98 Å². The molecule has 0 bridgehead atoms. The molecular formula is C21H32N4OS. The van der Waals surface area contributed by atoms with Gasteiger partial charge in [-0.15, -0.1) is 0 Å². The largest absolute Gasteiger partial charge is 0.378 e. The average Bonchev–Trinajstić information content (AvgIpc) is 2.87. The molecule has 6 heteroatoms. The summed E-state index contributed by atoms with van der Waals surface area (Å²) >= 11 is 1.53. The molecule has 0 atom stereocenters. The van der Waals surface area contributed by atoms with E-state index in [0.29, 0.717) is 18.2 Å². The molecule has 2 rings (SSSR count). The van der Waals surface area contributed by atoms with Crippen LogP contribution in [0.4, 0.5) is 5.69 Å². The first kappa shape index (κ1) is 21.4. The Hall–Kier alpha value is -1.95. The standard InChI is InChI=1S/C21H32N4OS/c1-15(2)12-25-17(4)16(3)22-21(25)27-14-20(26)24(7)13-18-8-10-19(11-9-18)23(5)6/h8-11,15H,12-14H2,1-7H3. The molecule has 0 aliphatic rings. The van der Waals surface area contributed by atoms with Crippen LogP contribution in [0.25, 0.3) is 0 Å². The van der Waals surface area contributed by atoms with Crippen molar-refractivity contribution in [2.24, 2.45) is 5.92 Å². The Morgan fingerprint density at radius 2 is 1.78 bits per heavy atom. The molecule has 0 saturated carbocycles. The second kappa shape index (κ2) is 9.31. The van der Waals surface area contributed by atoms with E-state index in [9.17, 15) is 4.79 Å². The molecule has 0 radical (unpaired) electrons. The molecule has 2 aromatic rings. The van der Waals surface area contributed by atoms with Crippen LogP contribution in [0.2, 0.25) is 0 Å². The SMILES string of the molecule is Cc1nc(SCC(=O)N(C)Cc2ccc(N(C)C)cc2)n(CC(C)C)c1C. The van der Waals surface area contributed by atoms with Gasteiger partial charge in [0.05, 0.1) is 11.4 Å². The summed E-state index contributed by atoms with van der Waals surface area (Å²) in [6.07, 6.45) is 0. The fraction of sp³-hybridized carbons (Fsp3) is 0.524. The first-order valence-electron chi connectivity index (χ1n) is 9.35. The highest BCUT2D eigenvalue weighted by molar-refractivity contribution is 7.99. The first-order chi connectivity index (χ1) is 12.7. The second-order valence-electron chi connectivity index (χ2n) is 7.67. The summed E-state index contributed by atoms with van der Waals surface area (Å²) in [5, 5.41) is 0.941.